The fraction of sp³-hybridized carbons (Fsp3) is 0.150. The van der Waals surface area contributed by atoms with E-state index < -0.39 is 0 Å². The third kappa shape index (κ3) is 4.94. The molecule has 0 atom stereocenters. The molecule has 1 heterocycles. The van der Waals surface area contributed by atoms with Gasteiger partial charge in [-0.15, -0.1) is 0 Å². The van der Waals surface area contributed by atoms with Gasteiger partial charge in [-0.25, -0.2) is 9.97 Å². The fourth-order valence-corrected chi connectivity index (χ4v) is 2.34. The standard InChI is InChI=1S/C20H20N4O3/c1-26-17-7-3-14(4-8-17)11-21-20-22-12-15(13-23-20)19(25)24-16-5-9-18(27-2)10-6-16/h3-10,12-13H,11H2,1-2H3,(H,24,25)(H,21,22,23). The Morgan fingerprint density at radius 1 is 0.889 bits per heavy atom. The zero-order valence-electron chi connectivity index (χ0n) is 15.1. The summed E-state index contributed by atoms with van der Waals surface area (Å²) in [6.45, 7) is 0.571. The molecule has 7 heteroatoms. The summed E-state index contributed by atoms with van der Waals surface area (Å²) in [6, 6.07) is 14.8. The molecular formula is C20H20N4O3. The molecule has 0 bridgehead atoms. The average molecular weight is 364 g/mol. The number of nitrogens with one attached hydrogen (secondary N) is 2. The highest BCUT2D eigenvalue weighted by Crippen LogP contribution is 2.16. The van der Waals surface area contributed by atoms with E-state index in [-0.39, 0.29) is 5.91 Å². The van der Waals surface area contributed by atoms with Gasteiger partial charge in [0.2, 0.25) is 5.95 Å². The van der Waals surface area contributed by atoms with Crippen molar-refractivity contribution in [2.75, 3.05) is 24.9 Å². The maximum atomic E-state index is 12.3. The molecule has 0 radical (unpaired) electrons. The normalized spacial score (nSPS) is 10.1. The molecule has 1 amide bonds. The molecule has 2 N–H and O–H groups in total. The van der Waals surface area contributed by atoms with E-state index >= 15 is 0 Å². The lowest BCUT2D eigenvalue weighted by Crippen LogP contribution is -2.13. The van der Waals surface area contributed by atoms with Crippen LogP contribution in [-0.2, 0) is 6.54 Å². The van der Waals surface area contributed by atoms with Crippen molar-refractivity contribution in [2.24, 2.45) is 0 Å². The lowest BCUT2D eigenvalue weighted by atomic mass is 10.2. The number of nitrogens with zero attached hydrogens (tertiary/aromatic N) is 2. The summed E-state index contributed by atoms with van der Waals surface area (Å²) in [5.74, 6) is 1.71. The molecule has 0 aliphatic rings. The number of carbonyl (C=O) groups is 1. The van der Waals surface area contributed by atoms with E-state index in [0.717, 1.165) is 17.1 Å². The number of aromatic nitrogens is 2. The summed E-state index contributed by atoms with van der Waals surface area (Å²) in [5.41, 5.74) is 2.11. The Bertz CT molecular complexity index is 879. The van der Waals surface area contributed by atoms with Gasteiger partial charge in [0.05, 0.1) is 19.8 Å². The number of carbonyl (C=O) groups excluding carboxylic acids is 1. The second kappa shape index (κ2) is 8.66. The van der Waals surface area contributed by atoms with E-state index in [4.69, 9.17) is 9.47 Å². The number of ether oxygens (including phenoxy) is 2. The Kier molecular flexibility index (Phi) is 5.84. The molecule has 0 unspecified atom stereocenters. The second-order valence-corrected chi connectivity index (χ2v) is 5.68. The molecule has 0 saturated carbocycles. The minimum Gasteiger partial charge on any atom is -0.497 e. The van der Waals surface area contributed by atoms with Crippen molar-refractivity contribution in [3.05, 3.63) is 72.1 Å². The maximum Gasteiger partial charge on any atom is 0.258 e. The summed E-state index contributed by atoms with van der Waals surface area (Å²) in [5, 5.41) is 5.91. The minimum atomic E-state index is -0.276. The Morgan fingerprint density at radius 3 is 2.00 bits per heavy atom. The largest absolute Gasteiger partial charge is 0.497 e. The van der Waals surface area contributed by atoms with Gasteiger partial charge in [-0.1, -0.05) is 12.1 Å². The molecule has 2 aromatic carbocycles. The van der Waals surface area contributed by atoms with Crippen molar-refractivity contribution in [2.45, 2.75) is 6.54 Å². The molecule has 1 aromatic heterocycles. The molecule has 3 aromatic rings. The van der Waals surface area contributed by atoms with Crippen LogP contribution in [0.4, 0.5) is 11.6 Å². The number of rotatable bonds is 7. The number of amides is 1. The van der Waals surface area contributed by atoms with Crippen molar-refractivity contribution in [1.82, 2.24) is 9.97 Å². The lowest BCUT2D eigenvalue weighted by molar-refractivity contribution is 0.102. The zero-order chi connectivity index (χ0) is 19.1. The van der Waals surface area contributed by atoms with Crippen LogP contribution >= 0.6 is 0 Å². The molecule has 138 valence electrons. The predicted octanol–water partition coefficient (Wildman–Crippen LogP) is 3.36. The van der Waals surface area contributed by atoms with Crippen LogP contribution in [0.2, 0.25) is 0 Å². The number of methoxy groups -OCH3 is 2. The van der Waals surface area contributed by atoms with Gasteiger partial charge in [0.1, 0.15) is 11.5 Å². The quantitative estimate of drug-likeness (QED) is 0.669. The van der Waals surface area contributed by atoms with E-state index in [2.05, 4.69) is 20.6 Å². The van der Waals surface area contributed by atoms with Gasteiger partial charge in [-0.3, -0.25) is 4.79 Å². The van der Waals surface area contributed by atoms with E-state index in [1.165, 1.54) is 12.4 Å². The fourth-order valence-electron chi connectivity index (χ4n) is 2.34. The van der Waals surface area contributed by atoms with Crippen LogP contribution in [0.25, 0.3) is 0 Å². The molecule has 7 nitrogen and oxygen atoms in total. The molecule has 27 heavy (non-hydrogen) atoms. The monoisotopic (exact) mass is 364 g/mol. The van der Waals surface area contributed by atoms with Crippen molar-refractivity contribution in [3.8, 4) is 11.5 Å². The van der Waals surface area contributed by atoms with E-state index in [1.807, 2.05) is 24.3 Å². The molecule has 0 saturated heterocycles. The van der Waals surface area contributed by atoms with Gasteiger partial charge >= 0.3 is 0 Å². The number of hydrogen-bond donors (Lipinski definition) is 2. The second-order valence-electron chi connectivity index (χ2n) is 5.68. The van der Waals surface area contributed by atoms with Crippen molar-refractivity contribution < 1.29 is 14.3 Å². The molecule has 0 spiro atoms. The highest BCUT2D eigenvalue weighted by molar-refractivity contribution is 6.03. The van der Waals surface area contributed by atoms with Crippen LogP contribution in [0.3, 0.4) is 0 Å². The predicted molar refractivity (Wildman–Crippen MR) is 103 cm³/mol. The first kappa shape index (κ1) is 18.2. The Morgan fingerprint density at radius 2 is 1.44 bits per heavy atom. The number of benzene rings is 2. The first-order chi connectivity index (χ1) is 13.2. The van der Waals surface area contributed by atoms with Crippen molar-refractivity contribution in [3.63, 3.8) is 0 Å². The molecule has 0 aliphatic heterocycles. The average Bonchev–Trinajstić information content (AvgIpc) is 2.73. The van der Waals surface area contributed by atoms with Gasteiger partial charge in [0.15, 0.2) is 0 Å². The Balaban J connectivity index is 1.56. The van der Waals surface area contributed by atoms with Crippen LogP contribution in [0.5, 0.6) is 11.5 Å². The summed E-state index contributed by atoms with van der Waals surface area (Å²) in [4.78, 5) is 20.6. The van der Waals surface area contributed by atoms with Crippen molar-refractivity contribution >= 4 is 17.5 Å². The van der Waals surface area contributed by atoms with E-state index in [1.54, 1.807) is 38.5 Å². The van der Waals surface area contributed by atoms with Gasteiger partial charge in [0, 0.05) is 24.6 Å². The first-order valence-electron chi connectivity index (χ1n) is 8.32. The lowest BCUT2D eigenvalue weighted by Gasteiger charge is -2.08. The Labute approximate surface area is 157 Å². The van der Waals surface area contributed by atoms with Crippen molar-refractivity contribution in [1.29, 1.82) is 0 Å². The van der Waals surface area contributed by atoms with E-state index in [9.17, 15) is 4.79 Å². The van der Waals surface area contributed by atoms with Crippen LogP contribution in [0.1, 0.15) is 15.9 Å². The zero-order valence-corrected chi connectivity index (χ0v) is 15.1. The highest BCUT2D eigenvalue weighted by Gasteiger charge is 2.08. The Hall–Kier alpha value is -3.61. The van der Waals surface area contributed by atoms with Crippen LogP contribution in [0, 0.1) is 0 Å². The summed E-state index contributed by atoms with van der Waals surface area (Å²) in [7, 11) is 3.22. The SMILES string of the molecule is COc1ccc(CNc2ncc(C(=O)Nc3ccc(OC)cc3)cn2)cc1. The third-order valence-electron chi connectivity index (χ3n) is 3.87. The van der Waals surface area contributed by atoms with Crippen LogP contribution in [-0.4, -0.2) is 30.1 Å². The number of hydrogen-bond acceptors (Lipinski definition) is 6. The van der Waals surface area contributed by atoms with E-state index in [0.29, 0.717) is 23.7 Å². The molecule has 0 aliphatic carbocycles. The highest BCUT2D eigenvalue weighted by atomic mass is 16.5. The van der Waals surface area contributed by atoms with Crippen LogP contribution in [0.15, 0.2) is 60.9 Å². The van der Waals surface area contributed by atoms with Gasteiger partial charge in [-0.05, 0) is 42.0 Å². The smallest absolute Gasteiger partial charge is 0.258 e. The molecule has 0 fully saturated rings. The maximum absolute atomic E-state index is 12.3. The minimum absolute atomic E-state index is 0.276. The number of anilines is 2. The third-order valence-corrected chi connectivity index (χ3v) is 3.87. The van der Waals surface area contributed by atoms with Gasteiger partial charge < -0.3 is 20.1 Å². The first-order valence-corrected chi connectivity index (χ1v) is 8.32. The summed E-state index contributed by atoms with van der Waals surface area (Å²) >= 11 is 0. The summed E-state index contributed by atoms with van der Waals surface area (Å²) in [6.07, 6.45) is 2.98. The van der Waals surface area contributed by atoms with Gasteiger partial charge in [0.25, 0.3) is 5.91 Å². The molecule has 3 rings (SSSR count). The molecular weight excluding hydrogens is 344 g/mol. The topological polar surface area (TPSA) is 85.4 Å². The summed E-state index contributed by atoms with van der Waals surface area (Å²) < 4.78 is 10.2. The van der Waals surface area contributed by atoms with Crippen LogP contribution < -0.4 is 20.1 Å². The van der Waals surface area contributed by atoms with Gasteiger partial charge in [-0.2, -0.15) is 0 Å².